The van der Waals surface area contributed by atoms with E-state index in [-0.39, 0.29) is 22.4 Å². The summed E-state index contributed by atoms with van der Waals surface area (Å²) in [6.07, 6.45) is 0. The Morgan fingerprint density at radius 3 is 2.04 bits per heavy atom. The number of carbonyl (C=O) groups excluding carboxylic acids is 1. The van der Waals surface area contributed by atoms with E-state index in [1.54, 1.807) is 0 Å². The summed E-state index contributed by atoms with van der Waals surface area (Å²) in [5, 5.41) is 2.84. The second kappa shape index (κ2) is 8.84. The molecule has 152 valence electrons. The number of hydrogen-bond acceptors (Lipinski definition) is 3. The predicted molar refractivity (Wildman–Crippen MR) is 108 cm³/mol. The molecule has 28 heavy (non-hydrogen) atoms. The Morgan fingerprint density at radius 2 is 1.54 bits per heavy atom. The third-order valence-corrected chi connectivity index (χ3v) is 6.09. The molecule has 0 aliphatic rings. The van der Waals surface area contributed by atoms with Gasteiger partial charge in [0, 0.05) is 0 Å². The first-order chi connectivity index (χ1) is 13.1. The maximum atomic E-state index is 14.2. The lowest BCUT2D eigenvalue weighted by molar-refractivity contribution is 0.0921. The highest BCUT2D eigenvalue weighted by atomic mass is 32.2. The van der Waals surface area contributed by atoms with Gasteiger partial charge in [0.15, 0.2) is 0 Å². The standard InChI is InChI=1S/C21H27FN2O3S/c1-13(2)15-6-8-16(9-7-15)20(14(3)4)24-21(25)18-12-17(10-11-19(18)22)28(26,27)23-5/h6-14,20,23H,1-5H3,(H,24,25). The number of hydrogen-bond donors (Lipinski definition) is 2. The zero-order valence-electron chi connectivity index (χ0n) is 16.8. The van der Waals surface area contributed by atoms with Gasteiger partial charge in [0.05, 0.1) is 16.5 Å². The van der Waals surface area contributed by atoms with Crippen LogP contribution in [-0.4, -0.2) is 21.4 Å². The Kier molecular flexibility index (Phi) is 6.96. The van der Waals surface area contributed by atoms with Crippen LogP contribution in [0.4, 0.5) is 4.39 Å². The number of benzene rings is 2. The quantitative estimate of drug-likeness (QED) is 0.730. The fraction of sp³-hybridized carbons (Fsp3) is 0.381. The monoisotopic (exact) mass is 406 g/mol. The van der Waals surface area contributed by atoms with Gasteiger partial charge < -0.3 is 5.32 Å². The zero-order valence-corrected chi connectivity index (χ0v) is 17.6. The molecule has 0 spiro atoms. The molecule has 1 amide bonds. The third kappa shape index (κ3) is 4.97. The van der Waals surface area contributed by atoms with E-state index in [2.05, 4.69) is 23.9 Å². The van der Waals surface area contributed by atoms with Gasteiger partial charge in [0.25, 0.3) is 5.91 Å². The molecule has 0 aliphatic heterocycles. The van der Waals surface area contributed by atoms with Gasteiger partial charge in [-0.2, -0.15) is 0 Å². The van der Waals surface area contributed by atoms with Gasteiger partial charge in [0.1, 0.15) is 5.82 Å². The van der Waals surface area contributed by atoms with E-state index in [4.69, 9.17) is 0 Å². The minimum absolute atomic E-state index is 0.0566. The van der Waals surface area contributed by atoms with Crippen LogP contribution in [0.3, 0.4) is 0 Å². The van der Waals surface area contributed by atoms with E-state index in [0.717, 1.165) is 23.8 Å². The van der Waals surface area contributed by atoms with Crippen molar-refractivity contribution in [2.75, 3.05) is 7.05 Å². The summed E-state index contributed by atoms with van der Waals surface area (Å²) >= 11 is 0. The fourth-order valence-electron chi connectivity index (χ4n) is 2.91. The Bertz CT molecular complexity index is 939. The van der Waals surface area contributed by atoms with Crippen LogP contribution in [0.2, 0.25) is 0 Å². The van der Waals surface area contributed by atoms with Crippen LogP contribution in [0.25, 0.3) is 0 Å². The lowest BCUT2D eigenvalue weighted by Gasteiger charge is -2.24. The molecular formula is C21H27FN2O3S. The Hall–Kier alpha value is -2.25. The van der Waals surface area contributed by atoms with Crippen LogP contribution in [0.15, 0.2) is 47.4 Å². The van der Waals surface area contributed by atoms with Crippen molar-refractivity contribution in [2.45, 2.75) is 44.6 Å². The molecule has 2 N–H and O–H groups in total. The summed E-state index contributed by atoms with van der Waals surface area (Å²) < 4.78 is 40.3. The highest BCUT2D eigenvalue weighted by molar-refractivity contribution is 7.89. The minimum atomic E-state index is -3.78. The largest absolute Gasteiger partial charge is 0.345 e. The number of nitrogens with one attached hydrogen (secondary N) is 2. The van der Waals surface area contributed by atoms with Crippen molar-refractivity contribution in [3.63, 3.8) is 0 Å². The van der Waals surface area contributed by atoms with Crippen LogP contribution in [0.1, 0.15) is 61.1 Å². The van der Waals surface area contributed by atoms with Crippen LogP contribution in [-0.2, 0) is 10.0 Å². The first-order valence-corrected chi connectivity index (χ1v) is 10.7. The third-order valence-electron chi connectivity index (χ3n) is 4.68. The van der Waals surface area contributed by atoms with Gasteiger partial charge in [0.2, 0.25) is 10.0 Å². The smallest absolute Gasteiger partial charge is 0.254 e. The summed E-state index contributed by atoms with van der Waals surface area (Å²) in [6.45, 7) is 8.12. The summed E-state index contributed by atoms with van der Waals surface area (Å²) in [5.74, 6) is -0.976. The van der Waals surface area contributed by atoms with Crippen molar-refractivity contribution in [3.05, 3.63) is 65.0 Å². The fourth-order valence-corrected chi connectivity index (χ4v) is 3.66. The van der Waals surface area contributed by atoms with Crippen LogP contribution in [0.5, 0.6) is 0 Å². The average Bonchev–Trinajstić information content (AvgIpc) is 2.65. The van der Waals surface area contributed by atoms with E-state index in [1.165, 1.54) is 12.6 Å². The van der Waals surface area contributed by atoms with Crippen LogP contribution < -0.4 is 10.0 Å². The van der Waals surface area contributed by atoms with Crippen LogP contribution >= 0.6 is 0 Å². The van der Waals surface area contributed by atoms with E-state index in [1.807, 2.05) is 38.1 Å². The van der Waals surface area contributed by atoms with E-state index >= 15 is 0 Å². The van der Waals surface area contributed by atoms with Gasteiger partial charge in [-0.25, -0.2) is 17.5 Å². The predicted octanol–water partition coefficient (Wildman–Crippen LogP) is 3.98. The van der Waals surface area contributed by atoms with Gasteiger partial charge in [-0.3, -0.25) is 4.79 Å². The molecule has 5 nitrogen and oxygen atoms in total. The molecule has 0 fully saturated rings. The molecular weight excluding hydrogens is 379 g/mol. The first-order valence-electron chi connectivity index (χ1n) is 9.20. The molecule has 1 unspecified atom stereocenters. The molecule has 0 saturated carbocycles. The summed E-state index contributed by atoms with van der Waals surface area (Å²) in [6, 6.07) is 10.8. The molecule has 0 bridgehead atoms. The molecule has 0 saturated heterocycles. The summed E-state index contributed by atoms with van der Waals surface area (Å²) in [7, 11) is -2.52. The molecule has 1 atom stereocenters. The van der Waals surface area contributed by atoms with Crippen molar-refractivity contribution in [2.24, 2.45) is 5.92 Å². The highest BCUT2D eigenvalue weighted by Crippen LogP contribution is 2.25. The zero-order chi connectivity index (χ0) is 21.1. The lowest BCUT2D eigenvalue weighted by Crippen LogP contribution is -2.32. The lowest BCUT2D eigenvalue weighted by atomic mass is 9.93. The van der Waals surface area contributed by atoms with Crippen LogP contribution in [0, 0.1) is 11.7 Å². The SMILES string of the molecule is CNS(=O)(=O)c1ccc(F)c(C(=O)NC(c2ccc(C(C)C)cc2)C(C)C)c1. The van der Waals surface area contributed by atoms with Gasteiger partial charge in [-0.1, -0.05) is 52.0 Å². The molecule has 2 aromatic rings. The Balaban J connectivity index is 2.33. The summed E-state index contributed by atoms with van der Waals surface area (Å²) in [4.78, 5) is 12.6. The normalized spacial score (nSPS) is 13.0. The number of amides is 1. The van der Waals surface area contributed by atoms with Crippen molar-refractivity contribution in [1.82, 2.24) is 10.0 Å². The molecule has 7 heteroatoms. The maximum absolute atomic E-state index is 14.2. The Labute approximate surface area is 166 Å². The van der Waals surface area contributed by atoms with Gasteiger partial charge in [-0.15, -0.1) is 0 Å². The van der Waals surface area contributed by atoms with E-state index in [9.17, 15) is 17.6 Å². The summed E-state index contributed by atoms with van der Waals surface area (Å²) in [5.41, 5.74) is 1.79. The van der Waals surface area contributed by atoms with Crippen molar-refractivity contribution >= 4 is 15.9 Å². The second-order valence-corrected chi connectivity index (χ2v) is 9.25. The van der Waals surface area contributed by atoms with Crippen molar-refractivity contribution in [1.29, 1.82) is 0 Å². The number of rotatable bonds is 7. The van der Waals surface area contributed by atoms with E-state index < -0.39 is 21.7 Å². The van der Waals surface area contributed by atoms with Crippen molar-refractivity contribution < 1.29 is 17.6 Å². The van der Waals surface area contributed by atoms with E-state index in [0.29, 0.717) is 5.92 Å². The minimum Gasteiger partial charge on any atom is -0.345 e. The maximum Gasteiger partial charge on any atom is 0.254 e. The van der Waals surface area contributed by atoms with Gasteiger partial charge >= 0.3 is 0 Å². The molecule has 2 rings (SSSR count). The topological polar surface area (TPSA) is 75.3 Å². The molecule has 0 aliphatic carbocycles. The highest BCUT2D eigenvalue weighted by Gasteiger charge is 2.23. The number of carbonyl (C=O) groups is 1. The first kappa shape index (κ1) is 22.0. The molecule has 2 aromatic carbocycles. The van der Waals surface area contributed by atoms with Crippen molar-refractivity contribution in [3.8, 4) is 0 Å². The number of halogens is 1. The number of sulfonamides is 1. The van der Waals surface area contributed by atoms with Gasteiger partial charge in [-0.05, 0) is 48.2 Å². The molecule has 0 heterocycles. The second-order valence-electron chi connectivity index (χ2n) is 7.37. The average molecular weight is 407 g/mol. The Morgan fingerprint density at radius 1 is 0.964 bits per heavy atom. The molecule has 0 aromatic heterocycles. The molecule has 0 radical (unpaired) electrons.